The van der Waals surface area contributed by atoms with E-state index in [1.165, 1.54) is 12.1 Å². The van der Waals surface area contributed by atoms with Crippen molar-refractivity contribution in [1.82, 2.24) is 19.5 Å². The molecule has 0 fully saturated rings. The zero-order chi connectivity index (χ0) is 23.0. The van der Waals surface area contributed by atoms with E-state index in [4.69, 9.17) is 4.74 Å². The van der Waals surface area contributed by atoms with Gasteiger partial charge in [0.15, 0.2) is 12.3 Å². The van der Waals surface area contributed by atoms with E-state index in [0.717, 1.165) is 16.6 Å². The van der Waals surface area contributed by atoms with E-state index in [2.05, 4.69) is 20.1 Å². The Morgan fingerprint density at radius 3 is 2.58 bits per heavy atom. The minimum absolute atomic E-state index is 0.0638. The van der Waals surface area contributed by atoms with Gasteiger partial charge in [-0.25, -0.2) is 22.8 Å². The first-order valence-electron chi connectivity index (χ1n) is 9.73. The van der Waals surface area contributed by atoms with Gasteiger partial charge in [-0.05, 0) is 64.4 Å². The first-order chi connectivity index (χ1) is 14.4. The van der Waals surface area contributed by atoms with Gasteiger partial charge in [0.2, 0.25) is 15.9 Å². The molecule has 0 aliphatic heterocycles. The molecule has 3 aromatic rings. The third-order valence-electron chi connectivity index (χ3n) is 4.30. The molecule has 1 aromatic carbocycles. The summed E-state index contributed by atoms with van der Waals surface area (Å²) in [4.78, 5) is 16.9. The Bertz CT molecular complexity index is 1240. The van der Waals surface area contributed by atoms with Gasteiger partial charge in [0, 0.05) is 24.0 Å². The number of anilines is 1. The van der Waals surface area contributed by atoms with Crippen molar-refractivity contribution in [3.8, 4) is 5.88 Å². The highest BCUT2D eigenvalue weighted by Gasteiger charge is 2.22. The van der Waals surface area contributed by atoms with Crippen molar-refractivity contribution in [2.24, 2.45) is 7.05 Å². The summed E-state index contributed by atoms with van der Waals surface area (Å²) in [6.07, 6.45) is 0. The van der Waals surface area contributed by atoms with Gasteiger partial charge in [-0.15, -0.1) is 5.10 Å². The zero-order valence-corrected chi connectivity index (χ0v) is 19.3. The number of carbonyl (C=O) groups is 1. The molecule has 166 valence electrons. The van der Waals surface area contributed by atoms with Gasteiger partial charge in [-0.1, -0.05) is 6.07 Å². The molecule has 1 amide bonds. The lowest BCUT2D eigenvalue weighted by molar-refractivity contribution is -0.118. The number of benzene rings is 1. The average Bonchev–Trinajstić information content (AvgIpc) is 2.94. The maximum Gasteiger partial charge on any atom is 0.262 e. The molecule has 0 atom stereocenters. The third-order valence-corrected chi connectivity index (χ3v) is 6.05. The summed E-state index contributed by atoms with van der Waals surface area (Å²) in [5.74, 6) is -0.113. The number of aromatic nitrogens is 3. The van der Waals surface area contributed by atoms with Gasteiger partial charge in [0.25, 0.3) is 5.91 Å². The summed E-state index contributed by atoms with van der Waals surface area (Å²) in [6, 6.07) is 7.98. The lowest BCUT2D eigenvalue weighted by atomic mass is 10.1. The Hall–Kier alpha value is -2.98. The van der Waals surface area contributed by atoms with Crippen molar-refractivity contribution < 1.29 is 17.9 Å². The van der Waals surface area contributed by atoms with Crippen LogP contribution in [0.1, 0.15) is 32.0 Å². The van der Waals surface area contributed by atoms with Crippen molar-refractivity contribution in [2.75, 3.05) is 11.9 Å². The van der Waals surface area contributed by atoms with Crippen molar-refractivity contribution in [2.45, 2.75) is 45.1 Å². The first-order valence-corrected chi connectivity index (χ1v) is 11.2. The maximum atomic E-state index is 12.5. The number of sulfonamides is 1. The van der Waals surface area contributed by atoms with E-state index in [-0.39, 0.29) is 11.5 Å². The van der Waals surface area contributed by atoms with Crippen LogP contribution in [-0.2, 0) is 21.9 Å². The van der Waals surface area contributed by atoms with E-state index in [1.54, 1.807) is 44.6 Å². The van der Waals surface area contributed by atoms with E-state index in [1.807, 2.05) is 19.9 Å². The van der Waals surface area contributed by atoms with Gasteiger partial charge >= 0.3 is 0 Å². The SMILES string of the molecule is Cc1cc(C)c2c(OCC(=O)Nc3cccc(S(=O)(=O)NC(C)(C)C)c3)nn(C)c2n1. The third kappa shape index (κ3) is 5.39. The number of carbonyl (C=O) groups excluding carboxylic acids is 1. The highest BCUT2D eigenvalue weighted by Crippen LogP contribution is 2.27. The molecular formula is C21H27N5O4S. The van der Waals surface area contributed by atoms with Crippen LogP contribution in [-0.4, -0.2) is 41.2 Å². The molecule has 0 unspecified atom stereocenters. The highest BCUT2D eigenvalue weighted by atomic mass is 32.2. The Balaban J connectivity index is 1.72. The molecule has 0 aliphatic rings. The van der Waals surface area contributed by atoms with Gasteiger partial charge in [0.1, 0.15) is 0 Å². The number of aryl methyl sites for hydroxylation is 3. The summed E-state index contributed by atoms with van der Waals surface area (Å²) < 4.78 is 34.9. The number of ether oxygens (including phenoxy) is 1. The number of nitrogens with zero attached hydrogens (tertiary/aromatic N) is 3. The van der Waals surface area contributed by atoms with Gasteiger partial charge in [-0.2, -0.15) is 0 Å². The number of rotatable bonds is 6. The lowest BCUT2D eigenvalue weighted by Crippen LogP contribution is -2.40. The number of hydrogen-bond donors (Lipinski definition) is 2. The van der Waals surface area contributed by atoms with E-state index < -0.39 is 21.5 Å². The van der Waals surface area contributed by atoms with Crippen LogP contribution in [0.3, 0.4) is 0 Å². The summed E-state index contributed by atoms with van der Waals surface area (Å²) in [5, 5.41) is 7.73. The topological polar surface area (TPSA) is 115 Å². The molecule has 0 saturated carbocycles. The predicted octanol–water partition coefficient (Wildman–Crippen LogP) is 2.68. The molecule has 31 heavy (non-hydrogen) atoms. The molecule has 0 radical (unpaired) electrons. The van der Waals surface area contributed by atoms with E-state index >= 15 is 0 Å². The maximum absolute atomic E-state index is 12.5. The monoisotopic (exact) mass is 445 g/mol. The van der Waals surface area contributed by atoms with Crippen molar-refractivity contribution in [3.05, 3.63) is 41.6 Å². The molecular weight excluding hydrogens is 418 g/mol. The summed E-state index contributed by atoms with van der Waals surface area (Å²) in [5.41, 5.74) is 2.23. The number of hydrogen-bond acceptors (Lipinski definition) is 6. The molecule has 10 heteroatoms. The number of pyridine rings is 1. The molecule has 0 spiro atoms. The fourth-order valence-corrected chi connectivity index (χ4v) is 4.65. The fraction of sp³-hybridized carbons (Fsp3) is 0.381. The first kappa shape index (κ1) is 22.7. The molecule has 0 saturated heterocycles. The number of fused-ring (bicyclic) bond motifs is 1. The second-order valence-electron chi connectivity index (χ2n) is 8.43. The minimum Gasteiger partial charge on any atom is -0.466 e. The van der Waals surface area contributed by atoms with Crippen molar-refractivity contribution in [1.29, 1.82) is 0 Å². The van der Waals surface area contributed by atoms with Crippen LogP contribution in [0.4, 0.5) is 5.69 Å². The van der Waals surface area contributed by atoms with Crippen LogP contribution >= 0.6 is 0 Å². The van der Waals surface area contributed by atoms with Crippen LogP contribution in [0.25, 0.3) is 11.0 Å². The lowest BCUT2D eigenvalue weighted by Gasteiger charge is -2.20. The highest BCUT2D eigenvalue weighted by molar-refractivity contribution is 7.89. The van der Waals surface area contributed by atoms with Gasteiger partial charge in [-0.3, -0.25) is 4.79 Å². The summed E-state index contributed by atoms with van der Waals surface area (Å²) >= 11 is 0. The second-order valence-corrected chi connectivity index (χ2v) is 10.1. The summed E-state index contributed by atoms with van der Waals surface area (Å²) in [6.45, 7) is 8.83. The Labute approximate surface area is 181 Å². The average molecular weight is 446 g/mol. The van der Waals surface area contributed by atoms with Crippen LogP contribution in [0.5, 0.6) is 5.88 Å². The quantitative estimate of drug-likeness (QED) is 0.603. The molecule has 2 aromatic heterocycles. The van der Waals surface area contributed by atoms with Crippen LogP contribution in [0.2, 0.25) is 0 Å². The van der Waals surface area contributed by atoms with Crippen LogP contribution < -0.4 is 14.8 Å². The zero-order valence-electron chi connectivity index (χ0n) is 18.5. The van der Waals surface area contributed by atoms with Crippen LogP contribution in [0, 0.1) is 13.8 Å². The molecule has 2 heterocycles. The molecule has 0 aliphatic carbocycles. The molecule has 3 rings (SSSR count). The number of amides is 1. The second kappa shape index (κ2) is 8.27. The Kier molecular flexibility index (Phi) is 6.06. The predicted molar refractivity (Wildman–Crippen MR) is 119 cm³/mol. The fourth-order valence-electron chi connectivity index (χ4n) is 3.18. The Morgan fingerprint density at radius 1 is 1.19 bits per heavy atom. The number of nitrogens with one attached hydrogen (secondary N) is 2. The van der Waals surface area contributed by atoms with Gasteiger partial charge < -0.3 is 10.1 Å². The molecule has 0 bridgehead atoms. The normalized spacial score (nSPS) is 12.2. The van der Waals surface area contributed by atoms with E-state index in [0.29, 0.717) is 17.2 Å². The minimum atomic E-state index is -3.71. The largest absolute Gasteiger partial charge is 0.466 e. The smallest absolute Gasteiger partial charge is 0.262 e. The van der Waals surface area contributed by atoms with Crippen LogP contribution in [0.15, 0.2) is 35.2 Å². The molecule has 2 N–H and O–H groups in total. The Morgan fingerprint density at radius 2 is 1.90 bits per heavy atom. The van der Waals surface area contributed by atoms with Crippen molar-refractivity contribution >= 4 is 32.7 Å². The summed E-state index contributed by atoms with van der Waals surface area (Å²) in [7, 11) is -1.95. The van der Waals surface area contributed by atoms with Crippen molar-refractivity contribution in [3.63, 3.8) is 0 Å². The molecule has 9 nitrogen and oxygen atoms in total. The standard InChI is InChI=1S/C21H27N5O4S/c1-13-10-14(2)22-19-18(13)20(24-26(19)6)30-12-17(27)23-15-8-7-9-16(11-15)31(28,29)25-21(3,4)5/h7-11,25H,12H2,1-6H3,(H,23,27). The van der Waals surface area contributed by atoms with E-state index in [9.17, 15) is 13.2 Å². The van der Waals surface area contributed by atoms with Gasteiger partial charge in [0.05, 0.1) is 10.3 Å².